The Bertz CT molecular complexity index is 653. The average molecular weight is 396 g/mol. The van der Waals surface area contributed by atoms with Crippen molar-refractivity contribution in [2.45, 2.75) is 45.3 Å². The lowest BCUT2D eigenvalue weighted by Gasteiger charge is -2.31. The summed E-state index contributed by atoms with van der Waals surface area (Å²) in [5, 5.41) is 2.49. The summed E-state index contributed by atoms with van der Waals surface area (Å²) in [5.41, 5.74) is -0.352. The standard InChI is InChI=1S/C19H29FN4O4/c1-19(2,3)28-18(25)23-10-14(9-20)13-27-16-11-21-17(22-12-16)24-7-5-15(26-4)6-8-24/h9,11-12,15H,5-8,10,13H2,1-4H3,(H,23,25)/b14-9+. The van der Waals surface area contributed by atoms with E-state index in [-0.39, 0.29) is 18.7 Å². The molecule has 2 rings (SSSR count). The number of alkyl carbamates (subject to hydrolysis) is 1. The van der Waals surface area contributed by atoms with Crippen molar-refractivity contribution in [2.24, 2.45) is 0 Å². The van der Waals surface area contributed by atoms with E-state index in [1.165, 1.54) is 0 Å². The number of anilines is 1. The zero-order valence-corrected chi connectivity index (χ0v) is 16.9. The lowest BCUT2D eigenvalue weighted by molar-refractivity contribution is 0.0531. The summed E-state index contributed by atoms with van der Waals surface area (Å²) in [6.07, 6.45) is 5.08. The molecule has 1 fully saturated rings. The number of hydrogen-bond donors (Lipinski definition) is 1. The molecule has 1 aromatic rings. The maximum absolute atomic E-state index is 13.0. The summed E-state index contributed by atoms with van der Waals surface area (Å²) in [4.78, 5) is 22.4. The van der Waals surface area contributed by atoms with Crippen molar-refractivity contribution < 1.29 is 23.4 Å². The molecular formula is C19H29FN4O4. The summed E-state index contributed by atoms with van der Waals surface area (Å²) in [7, 11) is 1.73. The van der Waals surface area contributed by atoms with Crippen LogP contribution in [-0.4, -0.2) is 61.1 Å². The van der Waals surface area contributed by atoms with E-state index in [1.807, 2.05) is 0 Å². The van der Waals surface area contributed by atoms with Gasteiger partial charge < -0.3 is 24.4 Å². The van der Waals surface area contributed by atoms with Crippen LogP contribution in [-0.2, 0) is 9.47 Å². The van der Waals surface area contributed by atoms with Gasteiger partial charge in [-0.25, -0.2) is 19.2 Å². The van der Waals surface area contributed by atoms with E-state index in [4.69, 9.17) is 14.2 Å². The van der Waals surface area contributed by atoms with Crippen LogP contribution in [0, 0.1) is 0 Å². The minimum atomic E-state index is -0.614. The highest BCUT2D eigenvalue weighted by Gasteiger charge is 2.20. The van der Waals surface area contributed by atoms with Gasteiger partial charge in [0, 0.05) is 32.3 Å². The predicted octanol–water partition coefficient (Wildman–Crippen LogP) is 2.85. The number of aromatic nitrogens is 2. The minimum Gasteiger partial charge on any atom is -0.486 e. The maximum Gasteiger partial charge on any atom is 0.407 e. The Labute approximate surface area is 165 Å². The Morgan fingerprint density at radius 3 is 2.50 bits per heavy atom. The quantitative estimate of drug-likeness (QED) is 0.758. The van der Waals surface area contributed by atoms with Gasteiger partial charge in [-0.2, -0.15) is 0 Å². The maximum atomic E-state index is 13.0. The molecule has 156 valence electrons. The van der Waals surface area contributed by atoms with Crippen LogP contribution in [0.4, 0.5) is 15.1 Å². The van der Waals surface area contributed by atoms with Crippen molar-refractivity contribution in [1.29, 1.82) is 0 Å². The van der Waals surface area contributed by atoms with E-state index in [0.717, 1.165) is 25.9 Å². The lowest BCUT2D eigenvalue weighted by atomic mass is 10.1. The van der Waals surface area contributed by atoms with Gasteiger partial charge in [0.2, 0.25) is 5.95 Å². The fourth-order valence-corrected chi connectivity index (χ4v) is 2.64. The topological polar surface area (TPSA) is 85.8 Å². The van der Waals surface area contributed by atoms with Gasteiger partial charge in [-0.3, -0.25) is 0 Å². The zero-order chi connectivity index (χ0) is 20.6. The van der Waals surface area contributed by atoms with Gasteiger partial charge in [0.1, 0.15) is 12.2 Å². The van der Waals surface area contributed by atoms with Crippen LogP contribution in [0.1, 0.15) is 33.6 Å². The van der Waals surface area contributed by atoms with Crippen LogP contribution in [0.3, 0.4) is 0 Å². The number of rotatable bonds is 7. The molecule has 1 amide bonds. The minimum absolute atomic E-state index is 0.0151. The summed E-state index contributed by atoms with van der Waals surface area (Å²) in [6, 6.07) is 0. The predicted molar refractivity (Wildman–Crippen MR) is 103 cm³/mol. The number of nitrogens with zero attached hydrogens (tertiary/aromatic N) is 3. The molecule has 9 heteroatoms. The van der Waals surface area contributed by atoms with Crippen LogP contribution >= 0.6 is 0 Å². The average Bonchev–Trinajstić information content (AvgIpc) is 2.67. The highest BCUT2D eigenvalue weighted by atomic mass is 19.1. The molecule has 0 spiro atoms. The molecule has 0 aliphatic carbocycles. The number of methoxy groups -OCH3 is 1. The van der Waals surface area contributed by atoms with Crippen LogP contribution in [0.25, 0.3) is 0 Å². The summed E-state index contributed by atoms with van der Waals surface area (Å²) in [6.45, 7) is 6.89. The normalized spacial score (nSPS) is 16.0. The molecular weight excluding hydrogens is 367 g/mol. The SMILES string of the molecule is COC1CCN(c2ncc(OC/C(=C/F)CNC(=O)OC(C)(C)C)cn2)CC1. The van der Waals surface area contributed by atoms with Crippen LogP contribution in [0.15, 0.2) is 24.3 Å². The molecule has 0 unspecified atom stereocenters. The number of carbonyl (C=O) groups excluding carboxylic acids is 1. The molecule has 0 atom stereocenters. The molecule has 0 radical (unpaired) electrons. The monoisotopic (exact) mass is 396 g/mol. The smallest absolute Gasteiger partial charge is 0.407 e. The highest BCUT2D eigenvalue weighted by Crippen LogP contribution is 2.19. The lowest BCUT2D eigenvalue weighted by Crippen LogP contribution is -2.37. The highest BCUT2D eigenvalue weighted by molar-refractivity contribution is 5.68. The summed E-state index contributed by atoms with van der Waals surface area (Å²) < 4.78 is 29.0. The van der Waals surface area contributed by atoms with Gasteiger partial charge in [0.15, 0.2) is 5.75 Å². The fraction of sp³-hybridized carbons (Fsp3) is 0.632. The Hall–Kier alpha value is -2.42. The third kappa shape index (κ3) is 7.30. The first kappa shape index (κ1) is 21.9. The third-order valence-electron chi connectivity index (χ3n) is 4.11. The number of piperidine rings is 1. The molecule has 1 N–H and O–H groups in total. The van der Waals surface area contributed by atoms with E-state index >= 15 is 0 Å². The Balaban J connectivity index is 1.78. The third-order valence-corrected chi connectivity index (χ3v) is 4.11. The summed E-state index contributed by atoms with van der Waals surface area (Å²) >= 11 is 0. The van der Waals surface area contributed by atoms with Gasteiger partial charge >= 0.3 is 6.09 Å². The van der Waals surface area contributed by atoms with Gasteiger partial charge in [-0.1, -0.05) is 0 Å². The van der Waals surface area contributed by atoms with Crippen molar-refractivity contribution in [1.82, 2.24) is 15.3 Å². The second-order valence-electron chi connectivity index (χ2n) is 7.55. The molecule has 1 aliphatic heterocycles. The van der Waals surface area contributed by atoms with Crippen LogP contribution in [0.2, 0.25) is 0 Å². The molecule has 0 bridgehead atoms. The first-order valence-electron chi connectivity index (χ1n) is 9.28. The van der Waals surface area contributed by atoms with E-state index < -0.39 is 11.7 Å². The van der Waals surface area contributed by atoms with Crippen LogP contribution < -0.4 is 15.0 Å². The molecule has 1 aliphatic rings. The first-order valence-corrected chi connectivity index (χ1v) is 9.28. The van der Waals surface area contributed by atoms with Gasteiger partial charge in [0.05, 0.1) is 24.8 Å². The van der Waals surface area contributed by atoms with Gasteiger partial charge in [0.25, 0.3) is 0 Å². The van der Waals surface area contributed by atoms with Crippen molar-refractivity contribution >= 4 is 12.0 Å². The molecule has 1 aromatic heterocycles. The number of ether oxygens (including phenoxy) is 3. The Morgan fingerprint density at radius 2 is 1.96 bits per heavy atom. The number of nitrogens with one attached hydrogen (secondary N) is 1. The van der Waals surface area contributed by atoms with E-state index in [9.17, 15) is 9.18 Å². The second kappa shape index (κ2) is 10.2. The van der Waals surface area contributed by atoms with Crippen molar-refractivity contribution in [3.05, 3.63) is 24.3 Å². The molecule has 0 aromatic carbocycles. The van der Waals surface area contributed by atoms with Gasteiger partial charge in [-0.15, -0.1) is 0 Å². The van der Waals surface area contributed by atoms with Crippen molar-refractivity contribution in [3.63, 3.8) is 0 Å². The molecule has 0 saturated carbocycles. The molecule has 28 heavy (non-hydrogen) atoms. The van der Waals surface area contributed by atoms with Crippen LogP contribution in [0.5, 0.6) is 5.75 Å². The fourth-order valence-electron chi connectivity index (χ4n) is 2.64. The number of amides is 1. The summed E-state index contributed by atoms with van der Waals surface area (Å²) in [5.74, 6) is 1.06. The Morgan fingerprint density at radius 1 is 1.32 bits per heavy atom. The Kier molecular flexibility index (Phi) is 7.98. The van der Waals surface area contributed by atoms with E-state index in [2.05, 4.69) is 20.2 Å². The van der Waals surface area contributed by atoms with E-state index in [1.54, 1.807) is 40.3 Å². The van der Waals surface area contributed by atoms with E-state index in [0.29, 0.717) is 24.1 Å². The number of hydrogen-bond acceptors (Lipinski definition) is 7. The largest absolute Gasteiger partial charge is 0.486 e. The second-order valence-corrected chi connectivity index (χ2v) is 7.55. The number of carbonyl (C=O) groups is 1. The number of halogens is 1. The molecule has 1 saturated heterocycles. The first-order chi connectivity index (χ1) is 13.3. The van der Waals surface area contributed by atoms with Gasteiger partial charge in [-0.05, 0) is 33.6 Å². The molecule has 8 nitrogen and oxygen atoms in total. The zero-order valence-electron chi connectivity index (χ0n) is 16.9. The van der Waals surface area contributed by atoms with Crippen molar-refractivity contribution in [3.8, 4) is 5.75 Å². The van der Waals surface area contributed by atoms with Crippen molar-refractivity contribution in [2.75, 3.05) is 38.3 Å². The molecule has 2 heterocycles.